The second kappa shape index (κ2) is 2.55. The van der Waals surface area contributed by atoms with Gasteiger partial charge in [-0.3, -0.25) is 0 Å². The predicted molar refractivity (Wildman–Crippen MR) is 41.3 cm³/mol. The van der Waals surface area contributed by atoms with E-state index in [1.165, 1.54) is 12.8 Å². The average Bonchev–Trinajstić information content (AvgIpc) is 2.47. The largest absolute Gasteiger partial charge is 0.0773 e. The fourth-order valence-electron chi connectivity index (χ4n) is 1.37. The lowest BCUT2D eigenvalue weighted by molar-refractivity contribution is 0.668. The lowest BCUT2D eigenvalue weighted by atomic mass is 10.1. The summed E-state index contributed by atoms with van der Waals surface area (Å²) in [5.41, 5.74) is 1.69. The van der Waals surface area contributed by atoms with E-state index in [0.717, 1.165) is 11.8 Å². The van der Waals surface area contributed by atoms with E-state index in [2.05, 4.69) is 26.8 Å². The summed E-state index contributed by atoms with van der Waals surface area (Å²) in [6.45, 7) is 6.81. The van der Waals surface area contributed by atoms with Crippen molar-refractivity contribution >= 4 is 0 Å². The molecule has 0 amide bonds. The average molecular weight is 124 g/mol. The van der Waals surface area contributed by atoms with Crippen molar-refractivity contribution in [1.82, 2.24) is 0 Å². The zero-order valence-corrected chi connectivity index (χ0v) is 6.65. The summed E-state index contributed by atoms with van der Waals surface area (Å²) in [5, 5.41) is 0. The molecule has 0 aromatic carbocycles. The molecule has 0 heteroatoms. The maximum absolute atomic E-state index is 2.41. The van der Waals surface area contributed by atoms with E-state index in [1.54, 1.807) is 5.57 Å². The van der Waals surface area contributed by atoms with Crippen molar-refractivity contribution in [1.29, 1.82) is 0 Å². The van der Waals surface area contributed by atoms with Crippen LogP contribution in [0.1, 0.15) is 33.6 Å². The minimum atomic E-state index is 0.807. The SMILES string of the molecule is CCCC1C=C1C(C)C. The van der Waals surface area contributed by atoms with Crippen LogP contribution in [0.15, 0.2) is 11.6 Å². The smallest absolute Gasteiger partial charge is 0.00176 e. The molecule has 0 nitrogen and oxygen atoms in total. The third kappa shape index (κ3) is 1.57. The highest BCUT2D eigenvalue weighted by Crippen LogP contribution is 2.38. The van der Waals surface area contributed by atoms with Crippen LogP contribution >= 0.6 is 0 Å². The van der Waals surface area contributed by atoms with Gasteiger partial charge >= 0.3 is 0 Å². The Morgan fingerprint density at radius 3 is 2.56 bits per heavy atom. The van der Waals surface area contributed by atoms with E-state index >= 15 is 0 Å². The molecule has 0 N–H and O–H groups in total. The molecule has 1 rings (SSSR count). The van der Waals surface area contributed by atoms with Gasteiger partial charge in [-0.05, 0) is 18.3 Å². The van der Waals surface area contributed by atoms with Crippen LogP contribution in [0.25, 0.3) is 0 Å². The topological polar surface area (TPSA) is 0 Å². The van der Waals surface area contributed by atoms with E-state index < -0.39 is 0 Å². The monoisotopic (exact) mass is 124 g/mol. The maximum Gasteiger partial charge on any atom is -0.00176 e. The van der Waals surface area contributed by atoms with Gasteiger partial charge in [0.05, 0.1) is 0 Å². The van der Waals surface area contributed by atoms with Gasteiger partial charge in [-0.25, -0.2) is 0 Å². The van der Waals surface area contributed by atoms with Crippen LogP contribution in [0.4, 0.5) is 0 Å². The highest BCUT2D eigenvalue weighted by atomic mass is 14.3. The molecule has 9 heavy (non-hydrogen) atoms. The fraction of sp³-hybridized carbons (Fsp3) is 0.778. The zero-order valence-electron chi connectivity index (χ0n) is 6.65. The molecule has 1 atom stereocenters. The van der Waals surface area contributed by atoms with Crippen molar-refractivity contribution in [2.24, 2.45) is 11.8 Å². The maximum atomic E-state index is 2.41. The van der Waals surface area contributed by atoms with E-state index in [4.69, 9.17) is 0 Å². The summed E-state index contributed by atoms with van der Waals surface area (Å²) in [6.07, 6.45) is 5.12. The minimum Gasteiger partial charge on any atom is -0.0773 e. The molecular formula is C9H16. The summed E-state index contributed by atoms with van der Waals surface area (Å²) in [6, 6.07) is 0. The predicted octanol–water partition coefficient (Wildman–Crippen LogP) is 3.00. The Bertz CT molecular complexity index is 120. The zero-order chi connectivity index (χ0) is 6.85. The third-order valence-corrected chi connectivity index (χ3v) is 1.98. The van der Waals surface area contributed by atoms with Gasteiger partial charge in [0.1, 0.15) is 0 Å². The molecule has 1 unspecified atom stereocenters. The number of allylic oxidation sites excluding steroid dienone is 2. The number of rotatable bonds is 3. The van der Waals surface area contributed by atoms with Crippen LogP contribution in [-0.2, 0) is 0 Å². The molecule has 0 aromatic rings. The molecule has 0 fully saturated rings. The summed E-state index contributed by atoms with van der Waals surface area (Å²) < 4.78 is 0. The van der Waals surface area contributed by atoms with Crippen LogP contribution in [0.2, 0.25) is 0 Å². The Morgan fingerprint density at radius 1 is 1.56 bits per heavy atom. The Morgan fingerprint density at radius 2 is 2.22 bits per heavy atom. The Kier molecular flexibility index (Phi) is 1.94. The normalized spacial score (nSPS) is 24.4. The molecular weight excluding hydrogens is 108 g/mol. The molecule has 0 saturated carbocycles. The fourth-order valence-corrected chi connectivity index (χ4v) is 1.37. The highest BCUT2D eigenvalue weighted by molar-refractivity contribution is 5.30. The molecule has 0 heterocycles. The van der Waals surface area contributed by atoms with Crippen LogP contribution in [0.3, 0.4) is 0 Å². The van der Waals surface area contributed by atoms with Gasteiger partial charge < -0.3 is 0 Å². The van der Waals surface area contributed by atoms with Crippen LogP contribution < -0.4 is 0 Å². The van der Waals surface area contributed by atoms with Crippen molar-refractivity contribution in [2.75, 3.05) is 0 Å². The second-order valence-corrected chi connectivity index (χ2v) is 3.22. The van der Waals surface area contributed by atoms with Crippen molar-refractivity contribution < 1.29 is 0 Å². The summed E-state index contributed by atoms with van der Waals surface area (Å²) in [5.74, 6) is 1.71. The van der Waals surface area contributed by atoms with Crippen molar-refractivity contribution in [3.63, 3.8) is 0 Å². The Hall–Kier alpha value is -0.260. The van der Waals surface area contributed by atoms with Gasteiger partial charge in [-0.15, -0.1) is 0 Å². The van der Waals surface area contributed by atoms with Crippen molar-refractivity contribution in [3.8, 4) is 0 Å². The van der Waals surface area contributed by atoms with E-state index in [1.807, 2.05) is 0 Å². The first-order valence-corrected chi connectivity index (χ1v) is 3.97. The summed E-state index contributed by atoms with van der Waals surface area (Å²) >= 11 is 0. The Balaban J connectivity index is 2.15. The van der Waals surface area contributed by atoms with E-state index in [0.29, 0.717) is 0 Å². The lowest BCUT2D eigenvalue weighted by Crippen LogP contribution is -1.87. The molecule has 0 aromatic heterocycles. The minimum absolute atomic E-state index is 0.807. The van der Waals surface area contributed by atoms with E-state index in [9.17, 15) is 0 Å². The van der Waals surface area contributed by atoms with Crippen LogP contribution in [0, 0.1) is 11.8 Å². The van der Waals surface area contributed by atoms with E-state index in [-0.39, 0.29) is 0 Å². The summed E-state index contributed by atoms with van der Waals surface area (Å²) in [7, 11) is 0. The van der Waals surface area contributed by atoms with Crippen LogP contribution in [-0.4, -0.2) is 0 Å². The van der Waals surface area contributed by atoms with Gasteiger partial charge in [0, 0.05) is 0 Å². The first-order valence-electron chi connectivity index (χ1n) is 3.97. The first kappa shape index (κ1) is 6.85. The second-order valence-electron chi connectivity index (χ2n) is 3.22. The van der Waals surface area contributed by atoms with Crippen molar-refractivity contribution in [3.05, 3.63) is 11.6 Å². The van der Waals surface area contributed by atoms with Gasteiger partial charge in [-0.2, -0.15) is 0 Å². The number of hydrogen-bond donors (Lipinski definition) is 0. The van der Waals surface area contributed by atoms with Gasteiger partial charge in [0.15, 0.2) is 0 Å². The van der Waals surface area contributed by atoms with Crippen molar-refractivity contribution in [2.45, 2.75) is 33.6 Å². The van der Waals surface area contributed by atoms with Gasteiger partial charge in [-0.1, -0.05) is 38.8 Å². The quantitative estimate of drug-likeness (QED) is 0.507. The Labute approximate surface area is 58.0 Å². The standard InChI is InChI=1S/C9H16/c1-4-5-8-6-9(8)7(2)3/h6-8H,4-5H2,1-3H3. The molecule has 0 spiro atoms. The molecule has 0 radical (unpaired) electrons. The molecule has 52 valence electrons. The third-order valence-electron chi connectivity index (χ3n) is 1.98. The highest BCUT2D eigenvalue weighted by Gasteiger charge is 2.24. The number of hydrogen-bond acceptors (Lipinski definition) is 0. The molecule has 0 saturated heterocycles. The first-order chi connectivity index (χ1) is 4.25. The van der Waals surface area contributed by atoms with Crippen LogP contribution in [0.5, 0.6) is 0 Å². The lowest BCUT2D eigenvalue weighted by Gasteiger charge is -1.99. The van der Waals surface area contributed by atoms with Gasteiger partial charge in [0.25, 0.3) is 0 Å². The molecule has 0 bridgehead atoms. The molecule has 1 aliphatic rings. The molecule has 1 aliphatic carbocycles. The van der Waals surface area contributed by atoms with Gasteiger partial charge in [0.2, 0.25) is 0 Å². The molecule has 0 aliphatic heterocycles. The summed E-state index contributed by atoms with van der Waals surface area (Å²) in [4.78, 5) is 0.